The summed E-state index contributed by atoms with van der Waals surface area (Å²) in [4.78, 5) is 0. The lowest BCUT2D eigenvalue weighted by atomic mass is 9.87. The molecule has 1 heterocycles. The molecule has 0 saturated heterocycles. The molecule has 2 rings (SSSR count). The Hall–Kier alpha value is -0.970. The quantitative estimate of drug-likeness (QED) is 0.795. The van der Waals surface area contributed by atoms with E-state index in [0.29, 0.717) is 6.04 Å². The molecular weight excluding hydrogens is 214 g/mol. The van der Waals surface area contributed by atoms with E-state index < -0.39 is 0 Å². The summed E-state index contributed by atoms with van der Waals surface area (Å²) in [6.07, 6.45) is 6.22. The second kappa shape index (κ2) is 6.10. The maximum absolute atomic E-state index is 4.17. The molecule has 2 atom stereocenters. The van der Waals surface area contributed by atoms with Gasteiger partial charge in [-0.1, -0.05) is 26.7 Å². The van der Waals surface area contributed by atoms with Gasteiger partial charge < -0.3 is 5.32 Å². The Kier molecular flexibility index (Phi) is 4.48. The third-order valence-corrected chi connectivity index (χ3v) is 3.53. The summed E-state index contributed by atoms with van der Waals surface area (Å²) in [6.45, 7) is 6.30. The Balaban J connectivity index is 1.97. The Morgan fingerprint density at radius 1 is 1.41 bits per heavy atom. The lowest BCUT2D eigenvalue weighted by Crippen LogP contribution is -2.24. The monoisotopic (exact) mass is 237 g/mol. The van der Waals surface area contributed by atoms with Gasteiger partial charge in [0.15, 0.2) is 5.82 Å². The molecule has 5 heteroatoms. The number of nitrogens with zero attached hydrogens (tertiary/aromatic N) is 4. The van der Waals surface area contributed by atoms with Crippen molar-refractivity contribution in [2.45, 2.75) is 58.5 Å². The largest absolute Gasteiger partial charge is 0.310 e. The number of nitrogens with one attached hydrogen (secondary N) is 1. The maximum Gasteiger partial charge on any atom is 0.165 e. The van der Waals surface area contributed by atoms with E-state index >= 15 is 0 Å². The lowest BCUT2D eigenvalue weighted by Gasteiger charge is -2.27. The van der Waals surface area contributed by atoms with Gasteiger partial charge in [-0.3, -0.25) is 0 Å². The van der Waals surface area contributed by atoms with Gasteiger partial charge in [-0.15, -0.1) is 5.10 Å². The van der Waals surface area contributed by atoms with E-state index in [1.807, 2.05) is 4.68 Å². The molecule has 2 unspecified atom stereocenters. The first-order valence-corrected chi connectivity index (χ1v) is 6.78. The minimum atomic E-state index is 0.507. The third kappa shape index (κ3) is 3.25. The molecule has 1 N–H and O–H groups in total. The number of rotatable bonds is 5. The van der Waals surface area contributed by atoms with E-state index in [1.165, 1.54) is 25.7 Å². The zero-order valence-electron chi connectivity index (χ0n) is 10.9. The van der Waals surface area contributed by atoms with Crippen LogP contribution < -0.4 is 5.32 Å². The number of tetrazole rings is 1. The molecular formula is C12H23N5. The summed E-state index contributed by atoms with van der Waals surface area (Å²) in [5.41, 5.74) is 0. The van der Waals surface area contributed by atoms with Crippen LogP contribution in [0.1, 0.15) is 57.8 Å². The van der Waals surface area contributed by atoms with Crippen LogP contribution in [0, 0.1) is 5.92 Å². The van der Waals surface area contributed by atoms with Crippen molar-refractivity contribution >= 4 is 0 Å². The molecule has 0 amide bonds. The van der Waals surface area contributed by atoms with Crippen LogP contribution in [-0.4, -0.2) is 26.8 Å². The molecule has 96 valence electrons. The topological polar surface area (TPSA) is 55.6 Å². The van der Waals surface area contributed by atoms with E-state index in [2.05, 4.69) is 34.7 Å². The predicted octanol–water partition coefficient (Wildman–Crippen LogP) is 1.92. The van der Waals surface area contributed by atoms with Gasteiger partial charge in [0.05, 0.1) is 12.6 Å². The Morgan fingerprint density at radius 2 is 2.29 bits per heavy atom. The van der Waals surface area contributed by atoms with Crippen molar-refractivity contribution in [3.05, 3.63) is 5.82 Å². The fraction of sp³-hybridized carbons (Fsp3) is 0.917. The van der Waals surface area contributed by atoms with E-state index in [9.17, 15) is 0 Å². The second-order valence-electron chi connectivity index (χ2n) is 5.14. The highest BCUT2D eigenvalue weighted by Gasteiger charge is 2.23. The van der Waals surface area contributed by atoms with Gasteiger partial charge in [-0.25, -0.2) is 4.68 Å². The van der Waals surface area contributed by atoms with Crippen molar-refractivity contribution in [3.63, 3.8) is 0 Å². The van der Waals surface area contributed by atoms with Crippen LogP contribution in [0.25, 0.3) is 0 Å². The van der Waals surface area contributed by atoms with Crippen LogP contribution in [-0.2, 0) is 6.54 Å². The molecule has 5 nitrogen and oxygen atoms in total. The Labute approximate surface area is 103 Å². The highest BCUT2D eigenvalue weighted by molar-refractivity contribution is 4.86. The lowest BCUT2D eigenvalue weighted by molar-refractivity contribution is 0.257. The van der Waals surface area contributed by atoms with Gasteiger partial charge >= 0.3 is 0 Å². The Bertz CT molecular complexity index is 335. The predicted molar refractivity (Wildman–Crippen MR) is 66.5 cm³/mol. The molecule has 0 aliphatic heterocycles. The summed E-state index contributed by atoms with van der Waals surface area (Å²) in [5, 5.41) is 15.5. The molecule has 1 aromatic heterocycles. The van der Waals surface area contributed by atoms with Gasteiger partial charge in [0.2, 0.25) is 0 Å². The summed E-state index contributed by atoms with van der Waals surface area (Å²) >= 11 is 0. The molecule has 1 aliphatic carbocycles. The molecule has 1 aromatic rings. The summed E-state index contributed by atoms with van der Waals surface area (Å²) in [7, 11) is 0. The second-order valence-corrected chi connectivity index (χ2v) is 5.14. The van der Waals surface area contributed by atoms with Crippen LogP contribution in [0.5, 0.6) is 0 Å². The molecule has 1 aliphatic rings. The fourth-order valence-electron chi connectivity index (χ4n) is 2.61. The minimum absolute atomic E-state index is 0.507. The van der Waals surface area contributed by atoms with Crippen LogP contribution in [0.15, 0.2) is 0 Å². The summed E-state index contributed by atoms with van der Waals surface area (Å²) in [5.74, 6) is 1.78. The van der Waals surface area contributed by atoms with Crippen LogP contribution >= 0.6 is 0 Å². The van der Waals surface area contributed by atoms with Gasteiger partial charge in [0.1, 0.15) is 0 Å². The van der Waals surface area contributed by atoms with Crippen LogP contribution in [0.4, 0.5) is 0 Å². The third-order valence-electron chi connectivity index (χ3n) is 3.53. The molecule has 1 fully saturated rings. The van der Waals surface area contributed by atoms with Crippen LogP contribution in [0.2, 0.25) is 0 Å². The molecule has 0 radical (unpaired) electrons. The van der Waals surface area contributed by atoms with Gasteiger partial charge in [-0.05, 0) is 42.2 Å². The van der Waals surface area contributed by atoms with E-state index in [1.54, 1.807) is 0 Å². The number of hydrogen-bond acceptors (Lipinski definition) is 4. The van der Waals surface area contributed by atoms with Gasteiger partial charge in [0.25, 0.3) is 0 Å². The zero-order chi connectivity index (χ0) is 12.1. The highest BCUT2D eigenvalue weighted by Crippen LogP contribution is 2.31. The Morgan fingerprint density at radius 3 is 3.06 bits per heavy atom. The van der Waals surface area contributed by atoms with E-state index in [-0.39, 0.29) is 0 Å². The summed E-state index contributed by atoms with van der Waals surface area (Å²) in [6, 6.07) is 0.507. The van der Waals surface area contributed by atoms with E-state index in [0.717, 1.165) is 31.3 Å². The summed E-state index contributed by atoms with van der Waals surface area (Å²) < 4.78 is 2.04. The van der Waals surface area contributed by atoms with Gasteiger partial charge in [-0.2, -0.15) is 0 Å². The maximum atomic E-state index is 4.17. The first kappa shape index (κ1) is 12.5. The van der Waals surface area contributed by atoms with Crippen molar-refractivity contribution in [2.75, 3.05) is 6.54 Å². The van der Waals surface area contributed by atoms with Crippen molar-refractivity contribution in [1.82, 2.24) is 25.5 Å². The van der Waals surface area contributed by atoms with Gasteiger partial charge in [0, 0.05) is 0 Å². The van der Waals surface area contributed by atoms with Crippen molar-refractivity contribution in [3.8, 4) is 0 Å². The molecule has 0 aromatic carbocycles. The minimum Gasteiger partial charge on any atom is -0.310 e. The first-order valence-electron chi connectivity index (χ1n) is 6.78. The normalized spacial score (nSPS) is 25.1. The van der Waals surface area contributed by atoms with Crippen molar-refractivity contribution < 1.29 is 0 Å². The standard InChI is InChI=1S/C12H23N5/c1-3-7-13-9-12-14-15-16-17(12)11-6-4-5-10(2)8-11/h10-11,13H,3-9H2,1-2H3. The molecule has 0 spiro atoms. The first-order chi connectivity index (χ1) is 8.31. The highest BCUT2D eigenvalue weighted by atomic mass is 15.6. The average molecular weight is 237 g/mol. The van der Waals surface area contributed by atoms with E-state index in [4.69, 9.17) is 0 Å². The van der Waals surface area contributed by atoms with Crippen molar-refractivity contribution in [2.24, 2.45) is 5.92 Å². The molecule has 1 saturated carbocycles. The molecule has 0 bridgehead atoms. The SMILES string of the molecule is CCCNCc1nnnn1C1CCCC(C)C1. The fourth-order valence-corrected chi connectivity index (χ4v) is 2.61. The number of aromatic nitrogens is 4. The smallest absolute Gasteiger partial charge is 0.165 e. The average Bonchev–Trinajstić information content (AvgIpc) is 2.78. The van der Waals surface area contributed by atoms with Crippen LogP contribution in [0.3, 0.4) is 0 Å². The molecule has 17 heavy (non-hydrogen) atoms. The van der Waals surface area contributed by atoms with Crippen molar-refractivity contribution in [1.29, 1.82) is 0 Å². The zero-order valence-corrected chi connectivity index (χ0v) is 10.9. The number of hydrogen-bond donors (Lipinski definition) is 1.